The number of benzene rings is 1. The van der Waals surface area contributed by atoms with Gasteiger partial charge >= 0.3 is 0 Å². The second-order valence-electron chi connectivity index (χ2n) is 5.58. The van der Waals surface area contributed by atoms with Gasteiger partial charge in [-0.15, -0.1) is 0 Å². The number of β-amino-alcohol motifs (C(OH)–C–C–N with tert-alkyl or cyclic N) is 1. The van der Waals surface area contributed by atoms with Crippen LogP contribution in [0.15, 0.2) is 17.0 Å². The molecule has 5 nitrogen and oxygen atoms in total. The molecule has 0 saturated carbocycles. The average Bonchev–Trinajstić information content (AvgIpc) is 2.32. The summed E-state index contributed by atoms with van der Waals surface area (Å²) >= 11 is 0. The predicted octanol–water partition coefficient (Wildman–Crippen LogP) is 1.25. The van der Waals surface area contributed by atoms with Crippen molar-refractivity contribution in [1.82, 2.24) is 4.31 Å². The smallest absolute Gasteiger partial charge is 0.246 e. The number of halogens is 1. The van der Waals surface area contributed by atoms with E-state index >= 15 is 0 Å². The molecule has 2 rings (SSSR count). The summed E-state index contributed by atoms with van der Waals surface area (Å²) in [5, 5.41) is 10.00. The second kappa shape index (κ2) is 4.98. The number of aliphatic hydroxyl groups is 1. The normalized spacial score (nSPS) is 24.8. The van der Waals surface area contributed by atoms with Gasteiger partial charge in [0.2, 0.25) is 10.0 Å². The Balaban J connectivity index is 2.43. The number of nitrogens with two attached hydrogens (primary N) is 1. The Morgan fingerprint density at radius 1 is 1.45 bits per heavy atom. The lowest BCUT2D eigenvalue weighted by Crippen LogP contribution is -2.48. The van der Waals surface area contributed by atoms with Crippen molar-refractivity contribution in [1.29, 1.82) is 0 Å². The summed E-state index contributed by atoms with van der Waals surface area (Å²) in [6.07, 6.45) is 1.06. The minimum Gasteiger partial charge on any atom is -0.398 e. The molecule has 0 amide bonds. The van der Waals surface area contributed by atoms with Gasteiger partial charge in [0.25, 0.3) is 0 Å². The molecule has 7 heteroatoms. The van der Waals surface area contributed by atoms with E-state index in [4.69, 9.17) is 5.73 Å². The highest BCUT2D eigenvalue weighted by atomic mass is 32.2. The average molecular weight is 302 g/mol. The van der Waals surface area contributed by atoms with Crippen molar-refractivity contribution < 1.29 is 17.9 Å². The van der Waals surface area contributed by atoms with Gasteiger partial charge in [-0.1, -0.05) is 0 Å². The van der Waals surface area contributed by atoms with Crippen LogP contribution in [0.4, 0.5) is 10.1 Å². The topological polar surface area (TPSA) is 83.6 Å². The van der Waals surface area contributed by atoms with Crippen LogP contribution in [0.5, 0.6) is 0 Å². The van der Waals surface area contributed by atoms with E-state index in [1.54, 1.807) is 13.8 Å². The third kappa shape index (κ3) is 2.79. The number of rotatable bonds is 2. The van der Waals surface area contributed by atoms with E-state index in [9.17, 15) is 17.9 Å². The molecule has 0 radical (unpaired) electrons. The lowest BCUT2D eigenvalue weighted by molar-refractivity contribution is 0.00934. The van der Waals surface area contributed by atoms with Gasteiger partial charge in [-0.2, -0.15) is 4.31 Å². The van der Waals surface area contributed by atoms with Crippen molar-refractivity contribution >= 4 is 15.7 Å². The van der Waals surface area contributed by atoms with E-state index in [-0.39, 0.29) is 18.8 Å². The number of nitrogens with zero attached hydrogens (tertiary/aromatic N) is 1. The van der Waals surface area contributed by atoms with E-state index in [2.05, 4.69) is 0 Å². The molecule has 1 aliphatic rings. The van der Waals surface area contributed by atoms with Crippen LogP contribution in [0.1, 0.15) is 25.3 Å². The van der Waals surface area contributed by atoms with Crippen molar-refractivity contribution in [2.24, 2.45) is 0 Å². The van der Waals surface area contributed by atoms with Crippen molar-refractivity contribution in [3.05, 3.63) is 23.5 Å². The van der Waals surface area contributed by atoms with E-state index in [1.807, 2.05) is 0 Å². The Morgan fingerprint density at radius 2 is 2.10 bits per heavy atom. The zero-order valence-electron chi connectivity index (χ0n) is 11.6. The zero-order valence-corrected chi connectivity index (χ0v) is 12.4. The maximum atomic E-state index is 13.9. The maximum absolute atomic E-state index is 13.9. The molecule has 3 N–H and O–H groups in total. The van der Waals surface area contributed by atoms with Crippen LogP contribution < -0.4 is 5.73 Å². The Kier molecular flexibility index (Phi) is 3.79. The number of hydrogen-bond donors (Lipinski definition) is 2. The fourth-order valence-corrected chi connectivity index (χ4v) is 4.06. The Bertz CT molecular complexity index is 629. The SMILES string of the molecule is Cc1cc(F)c(S(=O)(=O)N2CCCC(C)(O)C2)cc1N. The van der Waals surface area contributed by atoms with Crippen molar-refractivity contribution in [2.45, 2.75) is 37.2 Å². The molecule has 1 aromatic rings. The highest BCUT2D eigenvalue weighted by Crippen LogP contribution is 2.29. The summed E-state index contributed by atoms with van der Waals surface area (Å²) in [6.45, 7) is 3.42. The molecule has 1 aromatic carbocycles. The number of hydrogen-bond acceptors (Lipinski definition) is 4. The lowest BCUT2D eigenvalue weighted by atomic mass is 9.97. The second-order valence-corrected chi connectivity index (χ2v) is 7.48. The van der Waals surface area contributed by atoms with Crippen molar-refractivity contribution in [2.75, 3.05) is 18.8 Å². The number of sulfonamides is 1. The fraction of sp³-hybridized carbons (Fsp3) is 0.538. The summed E-state index contributed by atoms with van der Waals surface area (Å²) in [6, 6.07) is 2.26. The van der Waals surface area contributed by atoms with E-state index in [1.165, 1.54) is 0 Å². The molecular weight excluding hydrogens is 283 g/mol. The van der Waals surface area contributed by atoms with Crippen molar-refractivity contribution in [3.63, 3.8) is 0 Å². The van der Waals surface area contributed by atoms with Crippen LogP contribution in [0.25, 0.3) is 0 Å². The largest absolute Gasteiger partial charge is 0.398 e. The minimum atomic E-state index is -3.98. The summed E-state index contributed by atoms with van der Waals surface area (Å²) < 4.78 is 40.0. The highest BCUT2D eigenvalue weighted by Gasteiger charge is 2.36. The zero-order chi connectivity index (χ0) is 15.1. The van der Waals surface area contributed by atoms with E-state index < -0.39 is 26.3 Å². The molecule has 1 unspecified atom stereocenters. The van der Waals surface area contributed by atoms with Crippen LogP contribution in [0.3, 0.4) is 0 Å². The molecular formula is C13H19FN2O3S. The van der Waals surface area contributed by atoms with Crippen LogP contribution in [0.2, 0.25) is 0 Å². The van der Waals surface area contributed by atoms with Crippen LogP contribution in [0, 0.1) is 12.7 Å². The Labute approximate surface area is 118 Å². The molecule has 0 spiro atoms. The fourth-order valence-electron chi connectivity index (χ4n) is 2.38. The standard InChI is InChI=1S/C13H19FN2O3S/c1-9-6-10(14)12(7-11(9)15)20(18,19)16-5-3-4-13(2,17)8-16/h6-7,17H,3-5,8,15H2,1-2H3. The van der Waals surface area contributed by atoms with E-state index in [0.29, 0.717) is 18.4 Å². The summed E-state index contributed by atoms with van der Waals surface area (Å²) in [5.41, 5.74) is 5.31. The number of piperidine rings is 1. The first-order valence-electron chi connectivity index (χ1n) is 6.42. The van der Waals surface area contributed by atoms with Gasteiger partial charge in [-0.25, -0.2) is 12.8 Å². The minimum absolute atomic E-state index is 0.0391. The molecule has 1 saturated heterocycles. The van der Waals surface area contributed by atoms with Gasteiger partial charge in [-0.05, 0) is 44.4 Å². The molecule has 112 valence electrons. The maximum Gasteiger partial charge on any atom is 0.246 e. The Morgan fingerprint density at radius 3 is 2.70 bits per heavy atom. The molecule has 20 heavy (non-hydrogen) atoms. The first-order valence-corrected chi connectivity index (χ1v) is 7.86. The van der Waals surface area contributed by atoms with Gasteiger partial charge < -0.3 is 10.8 Å². The third-order valence-electron chi connectivity index (χ3n) is 3.58. The summed E-state index contributed by atoms with van der Waals surface area (Å²) in [5.74, 6) is -0.818. The molecule has 1 atom stereocenters. The molecule has 1 fully saturated rings. The van der Waals surface area contributed by atoms with Gasteiger partial charge in [0.15, 0.2) is 0 Å². The Hall–Kier alpha value is -1.18. The molecule has 0 aliphatic carbocycles. The van der Waals surface area contributed by atoms with Crippen LogP contribution in [-0.2, 0) is 10.0 Å². The van der Waals surface area contributed by atoms with E-state index in [0.717, 1.165) is 16.4 Å². The lowest BCUT2D eigenvalue weighted by Gasteiger charge is -2.36. The quantitative estimate of drug-likeness (QED) is 0.805. The third-order valence-corrected chi connectivity index (χ3v) is 5.44. The van der Waals surface area contributed by atoms with Gasteiger partial charge in [0, 0.05) is 18.8 Å². The monoisotopic (exact) mass is 302 g/mol. The van der Waals surface area contributed by atoms with Crippen LogP contribution >= 0.6 is 0 Å². The molecule has 0 aromatic heterocycles. The van der Waals surface area contributed by atoms with Crippen molar-refractivity contribution in [3.8, 4) is 0 Å². The molecule has 1 heterocycles. The first-order chi connectivity index (χ1) is 9.13. The summed E-state index contributed by atoms with van der Waals surface area (Å²) in [4.78, 5) is -0.432. The highest BCUT2D eigenvalue weighted by molar-refractivity contribution is 7.89. The number of anilines is 1. The molecule has 1 aliphatic heterocycles. The van der Waals surface area contributed by atoms with Gasteiger partial charge in [-0.3, -0.25) is 0 Å². The molecule has 0 bridgehead atoms. The number of nitrogen functional groups attached to an aromatic ring is 1. The number of aryl methyl sites for hydroxylation is 1. The van der Waals surface area contributed by atoms with Gasteiger partial charge in [0.1, 0.15) is 10.7 Å². The van der Waals surface area contributed by atoms with Gasteiger partial charge in [0.05, 0.1) is 5.60 Å². The predicted molar refractivity (Wildman–Crippen MR) is 74.2 cm³/mol. The van der Waals surface area contributed by atoms with Crippen LogP contribution in [-0.4, -0.2) is 36.5 Å². The first kappa shape index (κ1) is 15.2. The summed E-state index contributed by atoms with van der Waals surface area (Å²) in [7, 11) is -3.98.